The minimum atomic E-state index is -4.25. The Morgan fingerprint density at radius 3 is 2.04 bits per heavy atom. The number of rotatable bonds is 14. The lowest BCUT2D eigenvalue weighted by Crippen LogP contribution is -2.53. The molecule has 10 heteroatoms. The predicted octanol–water partition coefficient (Wildman–Crippen LogP) is 6.57. The first-order valence-electron chi connectivity index (χ1n) is 15.5. The molecule has 0 fully saturated rings. The van der Waals surface area contributed by atoms with Crippen molar-refractivity contribution in [2.24, 2.45) is 5.92 Å². The number of methoxy groups -OCH3 is 1. The molecule has 8 nitrogen and oxygen atoms in total. The molecule has 0 spiro atoms. The van der Waals surface area contributed by atoms with E-state index in [9.17, 15) is 18.0 Å². The second-order valence-electron chi connectivity index (χ2n) is 12.0. The first-order valence-corrected chi connectivity index (χ1v) is 17.3. The van der Waals surface area contributed by atoms with Crippen molar-refractivity contribution in [1.29, 1.82) is 0 Å². The van der Waals surface area contributed by atoms with Gasteiger partial charge in [-0.2, -0.15) is 0 Å². The molecule has 4 aromatic rings. The summed E-state index contributed by atoms with van der Waals surface area (Å²) in [7, 11) is -2.79. The van der Waals surface area contributed by atoms with Crippen LogP contribution in [0.15, 0.2) is 102 Å². The van der Waals surface area contributed by atoms with E-state index >= 15 is 0 Å². The van der Waals surface area contributed by atoms with Crippen molar-refractivity contribution in [3.05, 3.63) is 124 Å². The van der Waals surface area contributed by atoms with Gasteiger partial charge in [0.15, 0.2) is 0 Å². The summed E-state index contributed by atoms with van der Waals surface area (Å²) < 4.78 is 34.8. The van der Waals surface area contributed by atoms with E-state index in [1.165, 1.54) is 30.2 Å². The molecule has 0 aliphatic heterocycles. The van der Waals surface area contributed by atoms with Crippen LogP contribution in [-0.4, -0.2) is 51.4 Å². The Kier molecular flexibility index (Phi) is 12.1. The average Bonchev–Trinajstić information content (AvgIpc) is 3.05. The summed E-state index contributed by atoms with van der Waals surface area (Å²) in [6, 6.07) is 27.2. The SMILES string of the molecule is COc1ccc(N(CC(=O)N(Cc2ccc(C)cc2)[C@@H](Cc2ccccc2)C(=O)NCC(C)C)S(=O)(=O)c2ccc(C)cc2)cc1Cl. The number of carbonyl (C=O) groups is 2. The number of sulfonamides is 1. The van der Waals surface area contributed by atoms with Gasteiger partial charge >= 0.3 is 0 Å². The molecule has 1 N–H and O–H groups in total. The van der Waals surface area contributed by atoms with Crippen LogP contribution in [-0.2, 0) is 32.6 Å². The molecule has 0 heterocycles. The highest BCUT2D eigenvalue weighted by Crippen LogP contribution is 2.32. The molecule has 4 rings (SSSR count). The standard InChI is InChI=1S/C37H42ClN3O5S/c1-26(2)23-39-37(43)34(21-29-9-7-6-8-10-29)40(24-30-15-11-27(3)12-16-30)36(42)25-41(31-17-20-35(46-5)33(38)22-31)47(44,45)32-18-13-28(4)14-19-32/h6-20,22,26,34H,21,23-25H2,1-5H3,(H,39,43)/t34-/m0/s1. The van der Waals surface area contributed by atoms with E-state index in [4.69, 9.17) is 16.3 Å². The maximum atomic E-state index is 14.6. The van der Waals surface area contributed by atoms with Gasteiger partial charge in [0.1, 0.15) is 18.3 Å². The summed E-state index contributed by atoms with van der Waals surface area (Å²) in [5, 5.41) is 3.19. The zero-order valence-corrected chi connectivity index (χ0v) is 29.0. The fourth-order valence-corrected chi connectivity index (χ4v) is 6.70. The van der Waals surface area contributed by atoms with Crippen LogP contribution >= 0.6 is 11.6 Å². The number of amides is 2. The van der Waals surface area contributed by atoms with Crippen molar-refractivity contribution in [3.8, 4) is 5.75 Å². The molecule has 0 aliphatic carbocycles. The lowest BCUT2D eigenvalue weighted by Gasteiger charge is -2.34. The Morgan fingerprint density at radius 2 is 1.47 bits per heavy atom. The fourth-order valence-electron chi connectivity index (χ4n) is 5.04. The van der Waals surface area contributed by atoms with Gasteiger partial charge in [0.2, 0.25) is 11.8 Å². The first-order chi connectivity index (χ1) is 22.4. The highest BCUT2D eigenvalue weighted by molar-refractivity contribution is 7.92. The monoisotopic (exact) mass is 675 g/mol. The van der Waals surface area contributed by atoms with Gasteiger partial charge < -0.3 is 15.0 Å². The average molecular weight is 676 g/mol. The highest BCUT2D eigenvalue weighted by Gasteiger charge is 2.35. The van der Waals surface area contributed by atoms with Crippen LogP contribution in [0.3, 0.4) is 0 Å². The third-order valence-corrected chi connectivity index (χ3v) is 9.82. The second-order valence-corrected chi connectivity index (χ2v) is 14.3. The molecule has 2 amide bonds. The molecular formula is C37H42ClN3O5S. The van der Waals surface area contributed by atoms with E-state index in [2.05, 4.69) is 5.32 Å². The molecule has 0 radical (unpaired) electrons. The van der Waals surface area contributed by atoms with Crippen molar-refractivity contribution in [2.45, 2.75) is 51.6 Å². The minimum Gasteiger partial charge on any atom is -0.495 e. The van der Waals surface area contributed by atoms with Gasteiger partial charge in [0.25, 0.3) is 10.0 Å². The van der Waals surface area contributed by atoms with Crippen molar-refractivity contribution < 1.29 is 22.7 Å². The molecule has 0 bridgehead atoms. The number of benzene rings is 4. The van der Waals surface area contributed by atoms with Gasteiger partial charge in [-0.3, -0.25) is 13.9 Å². The third-order valence-electron chi connectivity index (χ3n) is 7.74. The van der Waals surface area contributed by atoms with Crippen LogP contribution in [0.5, 0.6) is 5.75 Å². The number of aryl methyl sites for hydroxylation is 2. The smallest absolute Gasteiger partial charge is 0.264 e. The summed E-state index contributed by atoms with van der Waals surface area (Å²) in [5.41, 5.74) is 3.79. The second kappa shape index (κ2) is 16.0. The normalized spacial score (nSPS) is 12.0. The topological polar surface area (TPSA) is 96.0 Å². The van der Waals surface area contributed by atoms with Crippen molar-refractivity contribution in [3.63, 3.8) is 0 Å². The summed E-state index contributed by atoms with van der Waals surface area (Å²) >= 11 is 6.46. The molecule has 248 valence electrons. The lowest BCUT2D eigenvalue weighted by molar-refractivity contribution is -0.140. The summed E-state index contributed by atoms with van der Waals surface area (Å²) in [4.78, 5) is 30.0. The summed E-state index contributed by atoms with van der Waals surface area (Å²) in [5.74, 6) is -0.315. The Balaban J connectivity index is 1.82. The predicted molar refractivity (Wildman–Crippen MR) is 187 cm³/mol. The zero-order valence-electron chi connectivity index (χ0n) is 27.4. The molecule has 4 aromatic carbocycles. The summed E-state index contributed by atoms with van der Waals surface area (Å²) in [6.45, 7) is 7.76. The molecule has 0 saturated carbocycles. The van der Waals surface area contributed by atoms with E-state index < -0.39 is 28.5 Å². The maximum Gasteiger partial charge on any atom is 0.264 e. The quantitative estimate of drug-likeness (QED) is 0.163. The van der Waals surface area contributed by atoms with Crippen molar-refractivity contribution in [1.82, 2.24) is 10.2 Å². The van der Waals surface area contributed by atoms with Crippen LogP contribution < -0.4 is 14.4 Å². The number of hydrogen-bond donors (Lipinski definition) is 1. The number of hydrogen-bond acceptors (Lipinski definition) is 5. The Hall–Kier alpha value is -4.34. The van der Waals surface area contributed by atoms with Crippen molar-refractivity contribution in [2.75, 3.05) is 24.5 Å². The number of ether oxygens (including phenoxy) is 1. The van der Waals surface area contributed by atoms with Crippen molar-refractivity contribution >= 4 is 39.1 Å². The molecule has 0 aliphatic rings. The van der Waals surface area contributed by atoms with E-state index in [-0.39, 0.29) is 40.4 Å². The van der Waals surface area contributed by atoms with E-state index in [0.717, 1.165) is 26.6 Å². The molecule has 0 unspecified atom stereocenters. The number of nitrogens with zero attached hydrogens (tertiary/aromatic N) is 2. The van der Waals surface area contributed by atoms with E-state index in [1.807, 2.05) is 82.3 Å². The molecule has 0 aromatic heterocycles. The first kappa shape index (κ1) is 35.5. The third kappa shape index (κ3) is 9.36. The van der Waals surface area contributed by atoms with E-state index in [1.54, 1.807) is 24.3 Å². The van der Waals surface area contributed by atoms with Crippen LogP contribution in [0, 0.1) is 19.8 Å². The number of carbonyl (C=O) groups excluding carboxylic acids is 2. The fraction of sp³-hybridized carbons (Fsp3) is 0.297. The Morgan fingerprint density at radius 1 is 0.851 bits per heavy atom. The molecule has 47 heavy (non-hydrogen) atoms. The van der Waals surface area contributed by atoms with E-state index in [0.29, 0.717) is 12.3 Å². The number of halogens is 1. The van der Waals surface area contributed by atoms with Crippen LogP contribution in [0.4, 0.5) is 5.69 Å². The molecule has 0 saturated heterocycles. The van der Waals surface area contributed by atoms with Gasteiger partial charge in [-0.15, -0.1) is 0 Å². The van der Waals surface area contributed by atoms with Gasteiger partial charge in [0.05, 0.1) is 22.7 Å². The number of nitrogens with one attached hydrogen (secondary N) is 1. The van der Waals surface area contributed by atoms with Crippen LogP contribution in [0.1, 0.15) is 36.1 Å². The molecule has 1 atom stereocenters. The Labute approximate surface area is 283 Å². The summed E-state index contributed by atoms with van der Waals surface area (Å²) in [6.07, 6.45) is 0.238. The van der Waals surface area contributed by atoms with Crippen LogP contribution in [0.25, 0.3) is 0 Å². The van der Waals surface area contributed by atoms with Gasteiger partial charge in [-0.05, 0) is 61.2 Å². The van der Waals surface area contributed by atoms with Gasteiger partial charge in [-0.1, -0.05) is 103 Å². The molecular weight excluding hydrogens is 634 g/mol. The van der Waals surface area contributed by atoms with Gasteiger partial charge in [-0.25, -0.2) is 8.42 Å². The Bertz CT molecular complexity index is 1760. The number of anilines is 1. The maximum absolute atomic E-state index is 14.6. The van der Waals surface area contributed by atoms with Crippen LogP contribution in [0.2, 0.25) is 5.02 Å². The highest BCUT2D eigenvalue weighted by atomic mass is 35.5. The minimum absolute atomic E-state index is 0.0171. The lowest BCUT2D eigenvalue weighted by atomic mass is 10.0. The zero-order chi connectivity index (χ0) is 34.1. The van der Waals surface area contributed by atoms with Gasteiger partial charge in [0, 0.05) is 19.5 Å². The largest absolute Gasteiger partial charge is 0.495 e.